The molecule has 1 atom stereocenters. The van der Waals surface area contributed by atoms with Crippen molar-refractivity contribution in [3.8, 4) is 5.75 Å². The van der Waals surface area contributed by atoms with Crippen LogP contribution in [-0.2, 0) is 20.8 Å². The Morgan fingerprint density at radius 2 is 1.97 bits per heavy atom. The first kappa shape index (κ1) is 22.4. The largest absolute Gasteiger partial charge is 0.474 e. The second-order valence-electron chi connectivity index (χ2n) is 7.61. The normalized spacial score (nSPS) is 15.4. The average Bonchev–Trinajstić information content (AvgIpc) is 2.65. The Morgan fingerprint density at radius 1 is 1.31 bits per heavy atom. The van der Waals surface area contributed by atoms with Gasteiger partial charge in [0.1, 0.15) is 5.60 Å². The average molecular weight is 409 g/mol. The number of ether oxygens (including phenoxy) is 3. The molecule has 160 valence electrons. The number of nitro benzene ring substituents is 1. The van der Waals surface area contributed by atoms with E-state index in [9.17, 15) is 19.7 Å². The number of carbonyl (C=O) groups is 2. The zero-order chi connectivity index (χ0) is 21.6. The molecule has 2 amide bonds. The van der Waals surface area contributed by atoms with E-state index in [0.717, 1.165) is 0 Å². The second-order valence-corrected chi connectivity index (χ2v) is 7.61. The van der Waals surface area contributed by atoms with Crippen molar-refractivity contribution in [1.82, 2.24) is 10.2 Å². The van der Waals surface area contributed by atoms with Gasteiger partial charge in [-0.3, -0.25) is 14.9 Å². The fourth-order valence-corrected chi connectivity index (χ4v) is 2.68. The maximum absolute atomic E-state index is 12.5. The van der Waals surface area contributed by atoms with Crippen molar-refractivity contribution in [1.29, 1.82) is 0 Å². The zero-order valence-corrected chi connectivity index (χ0v) is 17.1. The molecular weight excluding hydrogens is 382 g/mol. The van der Waals surface area contributed by atoms with Crippen molar-refractivity contribution >= 4 is 17.7 Å². The number of rotatable bonds is 6. The summed E-state index contributed by atoms with van der Waals surface area (Å²) in [4.78, 5) is 36.7. The summed E-state index contributed by atoms with van der Waals surface area (Å²) in [6.07, 6.45) is -1.50. The third-order valence-corrected chi connectivity index (χ3v) is 4.03. The quantitative estimate of drug-likeness (QED) is 0.565. The molecule has 2 rings (SSSR count). The predicted octanol–water partition coefficient (Wildman–Crippen LogP) is 2.25. The molecule has 1 aromatic rings. The number of hydrogen-bond acceptors (Lipinski definition) is 7. The van der Waals surface area contributed by atoms with Crippen LogP contribution in [0.1, 0.15) is 33.3 Å². The zero-order valence-electron chi connectivity index (χ0n) is 17.1. The Bertz CT molecular complexity index is 755. The number of amides is 2. The first-order valence-electron chi connectivity index (χ1n) is 9.34. The monoisotopic (exact) mass is 409 g/mol. The lowest BCUT2D eigenvalue weighted by molar-refractivity contribution is -0.386. The molecule has 0 saturated carbocycles. The summed E-state index contributed by atoms with van der Waals surface area (Å²) in [5, 5.41) is 13.9. The lowest BCUT2D eigenvalue weighted by atomic mass is 10.2. The summed E-state index contributed by atoms with van der Waals surface area (Å²) in [6.45, 7) is 8.69. The first-order valence-corrected chi connectivity index (χ1v) is 9.34. The number of alkyl carbamates (subject to hydrolysis) is 1. The van der Waals surface area contributed by atoms with Gasteiger partial charge < -0.3 is 24.4 Å². The van der Waals surface area contributed by atoms with E-state index in [1.54, 1.807) is 32.6 Å². The molecule has 0 radical (unpaired) electrons. The van der Waals surface area contributed by atoms with Gasteiger partial charge in [-0.25, -0.2) is 4.79 Å². The van der Waals surface area contributed by atoms with Crippen LogP contribution in [0.25, 0.3) is 0 Å². The molecule has 1 N–H and O–H groups in total. The van der Waals surface area contributed by atoms with E-state index in [1.165, 1.54) is 18.2 Å². The van der Waals surface area contributed by atoms with Gasteiger partial charge in [0.15, 0.2) is 11.9 Å². The van der Waals surface area contributed by atoms with Crippen molar-refractivity contribution in [2.24, 2.45) is 0 Å². The van der Waals surface area contributed by atoms with Crippen molar-refractivity contribution < 1.29 is 28.7 Å². The standard InChI is InChI=1S/C19H27N3O7/c1-13(17(23)21-7-9-27-10-8-21)28-16-11-14(5-6-15(16)22(25)26)12-20-18(24)29-19(2,3)4/h5-6,11,13H,7-10,12H2,1-4H3,(H,20,24). The van der Waals surface area contributed by atoms with E-state index < -0.39 is 22.7 Å². The molecule has 1 saturated heterocycles. The van der Waals surface area contributed by atoms with Gasteiger partial charge in [0.25, 0.3) is 5.91 Å². The molecule has 0 aromatic heterocycles. The van der Waals surface area contributed by atoms with Gasteiger partial charge >= 0.3 is 11.8 Å². The van der Waals surface area contributed by atoms with Crippen LogP contribution in [0.3, 0.4) is 0 Å². The highest BCUT2D eigenvalue weighted by Gasteiger charge is 2.26. The fourth-order valence-electron chi connectivity index (χ4n) is 2.68. The molecule has 1 aliphatic heterocycles. The third kappa shape index (κ3) is 6.90. The highest BCUT2D eigenvalue weighted by molar-refractivity contribution is 5.81. The van der Waals surface area contributed by atoms with Crippen molar-refractivity contribution in [3.05, 3.63) is 33.9 Å². The summed E-state index contributed by atoms with van der Waals surface area (Å²) in [5.74, 6) is -0.299. The predicted molar refractivity (Wildman–Crippen MR) is 104 cm³/mol. The molecule has 10 nitrogen and oxygen atoms in total. The number of benzene rings is 1. The molecule has 29 heavy (non-hydrogen) atoms. The molecule has 0 spiro atoms. The number of nitrogens with one attached hydrogen (secondary N) is 1. The summed E-state index contributed by atoms with van der Waals surface area (Å²) in [5.41, 5.74) is -0.321. The van der Waals surface area contributed by atoms with Crippen molar-refractivity contribution in [3.63, 3.8) is 0 Å². The molecule has 0 aliphatic carbocycles. The minimum atomic E-state index is -0.902. The lowest BCUT2D eigenvalue weighted by Crippen LogP contribution is -2.46. The molecule has 1 aromatic carbocycles. The Balaban J connectivity index is 2.08. The Morgan fingerprint density at radius 3 is 2.55 bits per heavy atom. The van der Waals surface area contributed by atoms with Gasteiger partial charge in [-0.15, -0.1) is 0 Å². The number of carbonyl (C=O) groups excluding carboxylic acids is 2. The van der Waals surface area contributed by atoms with E-state index in [0.29, 0.717) is 31.9 Å². The van der Waals surface area contributed by atoms with Gasteiger partial charge in [-0.05, 0) is 39.3 Å². The van der Waals surface area contributed by atoms with E-state index >= 15 is 0 Å². The van der Waals surface area contributed by atoms with Gasteiger partial charge in [0.05, 0.1) is 18.1 Å². The Hall–Kier alpha value is -2.88. The van der Waals surface area contributed by atoms with E-state index in [4.69, 9.17) is 14.2 Å². The number of nitrogens with zero attached hydrogens (tertiary/aromatic N) is 2. The van der Waals surface area contributed by atoms with E-state index in [2.05, 4.69) is 5.32 Å². The van der Waals surface area contributed by atoms with Crippen LogP contribution in [0.2, 0.25) is 0 Å². The summed E-state index contributed by atoms with van der Waals surface area (Å²) >= 11 is 0. The third-order valence-electron chi connectivity index (χ3n) is 4.03. The van der Waals surface area contributed by atoms with E-state index in [1.807, 2.05) is 0 Å². The maximum Gasteiger partial charge on any atom is 0.407 e. The molecule has 10 heteroatoms. The second kappa shape index (κ2) is 9.55. The van der Waals surface area contributed by atoms with Crippen molar-refractivity contribution in [2.75, 3.05) is 26.3 Å². The van der Waals surface area contributed by atoms with Crippen LogP contribution in [0.5, 0.6) is 5.75 Å². The number of hydrogen-bond donors (Lipinski definition) is 1. The summed E-state index contributed by atoms with van der Waals surface area (Å²) in [7, 11) is 0. The molecule has 1 aliphatic rings. The highest BCUT2D eigenvalue weighted by atomic mass is 16.6. The summed E-state index contributed by atoms with van der Waals surface area (Å²) < 4.78 is 16.0. The SMILES string of the molecule is CC(Oc1cc(CNC(=O)OC(C)(C)C)ccc1[N+](=O)[O-])C(=O)N1CCOCC1. The minimum Gasteiger partial charge on any atom is -0.474 e. The smallest absolute Gasteiger partial charge is 0.407 e. The van der Waals surface area contributed by atoms with Crippen LogP contribution >= 0.6 is 0 Å². The summed E-state index contributed by atoms with van der Waals surface area (Å²) in [6, 6.07) is 4.24. The number of morpholine rings is 1. The molecule has 1 fully saturated rings. The van der Waals surface area contributed by atoms with Crippen LogP contribution in [0.4, 0.5) is 10.5 Å². The fraction of sp³-hybridized carbons (Fsp3) is 0.579. The molecular formula is C19H27N3O7. The maximum atomic E-state index is 12.5. The Labute approximate surface area is 169 Å². The van der Waals surface area contributed by atoms with Crippen LogP contribution < -0.4 is 10.1 Å². The van der Waals surface area contributed by atoms with Gasteiger partial charge in [-0.2, -0.15) is 0 Å². The minimum absolute atomic E-state index is 0.0346. The van der Waals surface area contributed by atoms with Crippen molar-refractivity contribution in [2.45, 2.75) is 45.9 Å². The topological polar surface area (TPSA) is 120 Å². The molecule has 0 bridgehead atoms. The molecule has 1 heterocycles. The van der Waals surface area contributed by atoms with Gasteiger partial charge in [0.2, 0.25) is 0 Å². The lowest BCUT2D eigenvalue weighted by Gasteiger charge is -2.29. The highest BCUT2D eigenvalue weighted by Crippen LogP contribution is 2.29. The van der Waals surface area contributed by atoms with Crippen LogP contribution in [0.15, 0.2) is 18.2 Å². The molecule has 1 unspecified atom stereocenters. The number of nitro groups is 1. The van der Waals surface area contributed by atoms with Gasteiger partial charge in [-0.1, -0.05) is 6.07 Å². The first-order chi connectivity index (χ1) is 13.6. The van der Waals surface area contributed by atoms with Crippen LogP contribution in [-0.4, -0.2) is 59.8 Å². The Kier molecular flexibility index (Phi) is 7.38. The van der Waals surface area contributed by atoms with Crippen LogP contribution in [0, 0.1) is 10.1 Å². The van der Waals surface area contributed by atoms with Gasteiger partial charge in [0, 0.05) is 25.7 Å². The van der Waals surface area contributed by atoms with E-state index in [-0.39, 0.29) is 23.9 Å².